The van der Waals surface area contributed by atoms with Crippen molar-refractivity contribution in [2.24, 2.45) is 0 Å². The first-order valence-electron chi connectivity index (χ1n) is 8.79. The lowest BCUT2D eigenvalue weighted by Gasteiger charge is -2.06. The molecule has 1 amide bonds. The number of amides is 1. The molecule has 1 aromatic heterocycles. The highest BCUT2D eigenvalue weighted by Gasteiger charge is 2.08. The van der Waals surface area contributed by atoms with Crippen LogP contribution in [0.1, 0.15) is 18.4 Å². The summed E-state index contributed by atoms with van der Waals surface area (Å²) in [5.41, 5.74) is 3.48. The Morgan fingerprint density at radius 3 is 2.39 bits per heavy atom. The lowest BCUT2D eigenvalue weighted by atomic mass is 10.1. The Morgan fingerprint density at radius 2 is 1.71 bits per heavy atom. The van der Waals surface area contributed by atoms with E-state index in [1.807, 2.05) is 24.3 Å². The van der Waals surface area contributed by atoms with Crippen molar-refractivity contribution >= 4 is 11.9 Å². The summed E-state index contributed by atoms with van der Waals surface area (Å²) < 4.78 is 17.6. The van der Waals surface area contributed by atoms with Crippen LogP contribution in [-0.2, 0) is 20.9 Å². The summed E-state index contributed by atoms with van der Waals surface area (Å²) in [7, 11) is 1.30. The summed E-state index contributed by atoms with van der Waals surface area (Å²) >= 11 is 0. The third-order valence-electron chi connectivity index (χ3n) is 4.23. The normalized spacial score (nSPS) is 10.5. The van der Waals surface area contributed by atoms with E-state index < -0.39 is 5.97 Å². The number of nitrogens with one attached hydrogen (secondary N) is 2. The number of esters is 1. The largest absolute Gasteiger partial charge is 0.469 e. The van der Waals surface area contributed by atoms with Gasteiger partial charge < -0.3 is 15.0 Å². The highest BCUT2D eigenvalue weighted by molar-refractivity contribution is 5.81. The third-order valence-corrected chi connectivity index (χ3v) is 4.23. The van der Waals surface area contributed by atoms with E-state index in [4.69, 9.17) is 0 Å². The molecule has 3 aromatic rings. The molecule has 0 radical (unpaired) electrons. The number of carbonyl (C=O) groups is 2. The Morgan fingerprint density at radius 1 is 1.04 bits per heavy atom. The molecule has 0 bridgehead atoms. The molecule has 28 heavy (non-hydrogen) atoms. The summed E-state index contributed by atoms with van der Waals surface area (Å²) in [6.07, 6.45) is 1.87. The zero-order valence-electron chi connectivity index (χ0n) is 15.4. The van der Waals surface area contributed by atoms with Crippen molar-refractivity contribution in [3.05, 3.63) is 66.1 Å². The maximum atomic E-state index is 13.0. The molecule has 1 heterocycles. The number of aromatic amines is 1. The second-order valence-corrected chi connectivity index (χ2v) is 6.20. The van der Waals surface area contributed by atoms with Crippen LogP contribution in [0.3, 0.4) is 0 Å². The van der Waals surface area contributed by atoms with Crippen LogP contribution in [0, 0.1) is 5.82 Å². The van der Waals surface area contributed by atoms with Gasteiger partial charge in [-0.3, -0.25) is 9.59 Å². The van der Waals surface area contributed by atoms with Crippen LogP contribution in [0.15, 0.2) is 54.7 Å². The molecule has 3 rings (SSSR count). The van der Waals surface area contributed by atoms with Crippen molar-refractivity contribution in [2.45, 2.75) is 19.4 Å². The van der Waals surface area contributed by atoms with Gasteiger partial charge in [-0.1, -0.05) is 24.3 Å². The lowest BCUT2D eigenvalue weighted by molar-refractivity contribution is -0.142. The van der Waals surface area contributed by atoms with Gasteiger partial charge in [-0.2, -0.15) is 0 Å². The third kappa shape index (κ3) is 5.03. The zero-order chi connectivity index (χ0) is 19.9. The predicted molar refractivity (Wildman–Crippen MR) is 103 cm³/mol. The van der Waals surface area contributed by atoms with E-state index in [9.17, 15) is 14.0 Å². The van der Waals surface area contributed by atoms with Gasteiger partial charge in [-0.15, -0.1) is 0 Å². The molecule has 0 atom stereocenters. The minimum Gasteiger partial charge on any atom is -0.469 e. The van der Waals surface area contributed by atoms with Crippen LogP contribution in [0.4, 0.5) is 4.39 Å². The fourth-order valence-electron chi connectivity index (χ4n) is 2.63. The van der Waals surface area contributed by atoms with Crippen molar-refractivity contribution in [2.75, 3.05) is 7.11 Å². The number of hydrogen-bond donors (Lipinski definition) is 2. The number of methoxy groups -OCH3 is 1. The zero-order valence-corrected chi connectivity index (χ0v) is 15.4. The number of carbonyl (C=O) groups excluding carboxylic acids is 2. The fraction of sp³-hybridized carbons (Fsp3) is 0.190. The second-order valence-electron chi connectivity index (χ2n) is 6.20. The number of imidazole rings is 1. The van der Waals surface area contributed by atoms with Gasteiger partial charge in [0.15, 0.2) is 0 Å². The summed E-state index contributed by atoms with van der Waals surface area (Å²) in [6, 6.07) is 13.8. The van der Waals surface area contributed by atoms with E-state index >= 15 is 0 Å². The number of rotatable bonds is 7. The average Bonchev–Trinajstić information content (AvgIpc) is 3.21. The van der Waals surface area contributed by atoms with Crippen molar-refractivity contribution in [1.82, 2.24) is 15.3 Å². The highest BCUT2D eigenvalue weighted by Crippen LogP contribution is 2.22. The van der Waals surface area contributed by atoms with E-state index in [0.29, 0.717) is 12.4 Å². The monoisotopic (exact) mass is 381 g/mol. The molecule has 0 saturated heterocycles. The number of aromatic nitrogens is 2. The minimum absolute atomic E-state index is 0.0656. The Balaban J connectivity index is 1.58. The number of ether oxygens (including phenoxy) is 1. The number of nitrogens with zero attached hydrogens (tertiary/aromatic N) is 1. The smallest absolute Gasteiger partial charge is 0.306 e. The summed E-state index contributed by atoms with van der Waals surface area (Å²) in [5, 5.41) is 2.77. The molecule has 0 saturated carbocycles. The fourth-order valence-corrected chi connectivity index (χ4v) is 2.63. The summed E-state index contributed by atoms with van der Waals surface area (Å²) in [6.45, 7) is 0.374. The second kappa shape index (κ2) is 8.94. The SMILES string of the molecule is COC(=O)CCC(=O)NCc1ccc(-c2ncc(-c3ccc(F)cc3)[nH]2)cc1. The van der Waals surface area contributed by atoms with Gasteiger partial charge in [0.05, 0.1) is 25.4 Å². The molecule has 0 aliphatic heterocycles. The topological polar surface area (TPSA) is 84.1 Å². The van der Waals surface area contributed by atoms with Gasteiger partial charge in [0.1, 0.15) is 11.6 Å². The maximum absolute atomic E-state index is 13.0. The van der Waals surface area contributed by atoms with Crippen molar-refractivity contribution in [3.8, 4) is 22.6 Å². The van der Waals surface area contributed by atoms with Crippen LogP contribution >= 0.6 is 0 Å². The number of H-pyrrole nitrogens is 1. The van der Waals surface area contributed by atoms with E-state index in [0.717, 1.165) is 22.4 Å². The lowest BCUT2D eigenvalue weighted by Crippen LogP contribution is -2.23. The molecule has 0 aliphatic carbocycles. The Bertz CT molecular complexity index is 950. The Hall–Kier alpha value is -3.48. The molecule has 7 heteroatoms. The molecule has 0 unspecified atom stereocenters. The number of hydrogen-bond acceptors (Lipinski definition) is 4. The molecule has 6 nitrogen and oxygen atoms in total. The molecule has 2 aromatic carbocycles. The van der Waals surface area contributed by atoms with Crippen LogP contribution < -0.4 is 5.32 Å². The van der Waals surface area contributed by atoms with Crippen molar-refractivity contribution < 1.29 is 18.7 Å². The number of benzene rings is 2. The standard InChI is InChI=1S/C21H20FN3O3/c1-28-20(27)11-10-19(26)23-12-14-2-4-16(5-3-14)21-24-13-18(25-21)15-6-8-17(22)9-7-15/h2-9,13H,10-12H2,1H3,(H,23,26)(H,24,25). The van der Waals surface area contributed by atoms with Gasteiger partial charge >= 0.3 is 5.97 Å². The van der Waals surface area contributed by atoms with Crippen LogP contribution in [0.25, 0.3) is 22.6 Å². The Kier molecular flexibility index (Phi) is 6.16. The van der Waals surface area contributed by atoms with Gasteiger partial charge in [-0.25, -0.2) is 9.37 Å². The van der Waals surface area contributed by atoms with Gasteiger partial charge in [0, 0.05) is 18.5 Å². The maximum Gasteiger partial charge on any atom is 0.306 e. The van der Waals surface area contributed by atoms with Gasteiger partial charge in [0.2, 0.25) is 5.91 Å². The molecule has 0 fully saturated rings. The van der Waals surface area contributed by atoms with E-state index in [1.165, 1.54) is 19.2 Å². The highest BCUT2D eigenvalue weighted by atomic mass is 19.1. The quantitative estimate of drug-likeness (QED) is 0.614. The predicted octanol–water partition coefficient (Wildman–Crippen LogP) is 3.45. The van der Waals surface area contributed by atoms with Crippen molar-refractivity contribution in [1.29, 1.82) is 0 Å². The van der Waals surface area contributed by atoms with E-state index in [2.05, 4.69) is 20.0 Å². The molecular formula is C21H20FN3O3. The van der Waals surface area contributed by atoms with Crippen molar-refractivity contribution in [3.63, 3.8) is 0 Å². The molecule has 2 N–H and O–H groups in total. The minimum atomic E-state index is -0.405. The molecule has 144 valence electrons. The van der Waals surface area contributed by atoms with E-state index in [-0.39, 0.29) is 24.6 Å². The van der Waals surface area contributed by atoms with E-state index in [1.54, 1.807) is 18.3 Å². The Labute approximate surface area is 161 Å². The average molecular weight is 381 g/mol. The molecule has 0 spiro atoms. The molecule has 0 aliphatic rings. The van der Waals surface area contributed by atoms with Crippen LogP contribution in [0.2, 0.25) is 0 Å². The van der Waals surface area contributed by atoms with Crippen LogP contribution in [-0.4, -0.2) is 29.0 Å². The molecular weight excluding hydrogens is 361 g/mol. The van der Waals surface area contributed by atoms with Crippen LogP contribution in [0.5, 0.6) is 0 Å². The summed E-state index contributed by atoms with van der Waals surface area (Å²) in [5.74, 6) is -0.188. The van der Waals surface area contributed by atoms with Gasteiger partial charge in [-0.05, 0) is 35.4 Å². The first-order chi connectivity index (χ1) is 13.5. The first kappa shape index (κ1) is 19.3. The first-order valence-corrected chi connectivity index (χ1v) is 8.79. The van der Waals surface area contributed by atoms with Gasteiger partial charge in [0.25, 0.3) is 0 Å². The number of halogens is 1. The summed E-state index contributed by atoms with van der Waals surface area (Å²) in [4.78, 5) is 30.4.